The number of halogens is 1. The fourth-order valence-electron chi connectivity index (χ4n) is 1.83. The Balaban J connectivity index is 2.25. The first-order chi connectivity index (χ1) is 10.3. The van der Waals surface area contributed by atoms with Gasteiger partial charge < -0.3 is 9.47 Å². The highest BCUT2D eigenvalue weighted by Crippen LogP contribution is 2.38. The van der Waals surface area contributed by atoms with E-state index in [4.69, 9.17) is 26.3 Å². The molecule has 2 aromatic rings. The van der Waals surface area contributed by atoms with E-state index in [0.717, 1.165) is 5.56 Å². The molecule has 0 heterocycles. The molecule has 0 amide bonds. The molecule has 4 nitrogen and oxygen atoms in total. The summed E-state index contributed by atoms with van der Waals surface area (Å²) in [4.78, 5) is 0. The van der Waals surface area contributed by atoms with Crippen molar-refractivity contribution < 1.29 is 14.7 Å². The van der Waals surface area contributed by atoms with Crippen LogP contribution in [0.3, 0.4) is 0 Å². The second-order valence-electron chi connectivity index (χ2n) is 4.24. The summed E-state index contributed by atoms with van der Waals surface area (Å²) >= 11 is 6.33. The van der Waals surface area contributed by atoms with Crippen LogP contribution in [0.1, 0.15) is 11.1 Å². The molecule has 0 atom stereocenters. The van der Waals surface area contributed by atoms with Gasteiger partial charge in [-0.25, -0.2) is 0 Å². The molecule has 0 fully saturated rings. The number of ether oxygens (including phenoxy) is 2. The summed E-state index contributed by atoms with van der Waals surface area (Å²) < 4.78 is 11.1. The molecule has 0 aliphatic heterocycles. The smallest absolute Gasteiger partial charge is 0.180 e. The van der Waals surface area contributed by atoms with Gasteiger partial charge in [0.25, 0.3) is 0 Å². The van der Waals surface area contributed by atoms with Crippen molar-refractivity contribution in [1.82, 2.24) is 5.48 Å². The molecule has 0 aromatic heterocycles. The first-order valence-electron chi connectivity index (χ1n) is 6.35. The van der Waals surface area contributed by atoms with E-state index in [0.29, 0.717) is 28.7 Å². The molecular formula is C16H16ClNO3. The van der Waals surface area contributed by atoms with Gasteiger partial charge in [0, 0.05) is 6.20 Å². The van der Waals surface area contributed by atoms with Crippen molar-refractivity contribution >= 4 is 17.7 Å². The van der Waals surface area contributed by atoms with Crippen LogP contribution >= 0.6 is 11.6 Å². The SMILES string of the molecule is COc1ccc(/C=C/NO)c(Cl)c1OCc1ccccc1. The van der Waals surface area contributed by atoms with Crippen molar-refractivity contribution in [1.29, 1.82) is 0 Å². The lowest BCUT2D eigenvalue weighted by Gasteiger charge is -2.14. The van der Waals surface area contributed by atoms with Gasteiger partial charge in [0.2, 0.25) is 0 Å². The predicted molar refractivity (Wildman–Crippen MR) is 82.7 cm³/mol. The van der Waals surface area contributed by atoms with Crippen LogP contribution in [0.5, 0.6) is 11.5 Å². The summed E-state index contributed by atoms with van der Waals surface area (Å²) in [6.45, 7) is 0.391. The molecular weight excluding hydrogens is 290 g/mol. The lowest BCUT2D eigenvalue weighted by atomic mass is 10.2. The molecule has 0 unspecified atom stereocenters. The van der Waals surface area contributed by atoms with Crippen molar-refractivity contribution in [2.45, 2.75) is 6.61 Å². The number of hydrogen-bond acceptors (Lipinski definition) is 4. The molecule has 0 aliphatic rings. The van der Waals surface area contributed by atoms with Crippen molar-refractivity contribution in [3.8, 4) is 11.5 Å². The standard InChI is InChI=1S/C16H16ClNO3/c1-20-14-8-7-13(9-10-18-19)15(17)16(14)21-11-12-5-3-2-4-6-12/h2-10,18-19H,11H2,1H3/b10-9+. The molecule has 0 saturated heterocycles. The number of methoxy groups -OCH3 is 1. The summed E-state index contributed by atoms with van der Waals surface area (Å²) in [5.41, 5.74) is 3.68. The van der Waals surface area contributed by atoms with E-state index in [1.807, 2.05) is 35.8 Å². The van der Waals surface area contributed by atoms with Gasteiger partial charge in [-0.2, -0.15) is 0 Å². The van der Waals surface area contributed by atoms with Gasteiger partial charge in [-0.1, -0.05) is 41.9 Å². The largest absolute Gasteiger partial charge is 0.493 e. The Morgan fingerprint density at radius 1 is 1.19 bits per heavy atom. The first-order valence-corrected chi connectivity index (χ1v) is 6.73. The van der Waals surface area contributed by atoms with Crippen LogP contribution in [0.4, 0.5) is 0 Å². The van der Waals surface area contributed by atoms with Crippen LogP contribution in [0.15, 0.2) is 48.7 Å². The van der Waals surface area contributed by atoms with E-state index in [1.54, 1.807) is 25.3 Å². The van der Waals surface area contributed by atoms with Crippen molar-refractivity contribution in [2.75, 3.05) is 7.11 Å². The van der Waals surface area contributed by atoms with E-state index in [9.17, 15) is 0 Å². The quantitative estimate of drug-likeness (QED) is 0.795. The number of hydrogen-bond donors (Lipinski definition) is 2. The Bertz CT molecular complexity index is 614. The van der Waals surface area contributed by atoms with Crippen LogP contribution < -0.4 is 15.0 Å². The number of nitrogens with one attached hydrogen (secondary N) is 1. The van der Waals surface area contributed by atoms with Crippen LogP contribution in [0, 0.1) is 0 Å². The maximum Gasteiger partial charge on any atom is 0.180 e. The number of benzene rings is 2. The molecule has 110 valence electrons. The zero-order chi connectivity index (χ0) is 15.1. The van der Waals surface area contributed by atoms with Gasteiger partial charge in [-0.05, 0) is 29.3 Å². The highest BCUT2D eigenvalue weighted by molar-refractivity contribution is 6.33. The van der Waals surface area contributed by atoms with E-state index in [-0.39, 0.29) is 0 Å². The second kappa shape index (κ2) is 7.57. The Labute approximate surface area is 128 Å². The van der Waals surface area contributed by atoms with Gasteiger partial charge in [-0.3, -0.25) is 10.7 Å². The average molecular weight is 306 g/mol. The van der Waals surface area contributed by atoms with Gasteiger partial charge in [0.05, 0.1) is 12.1 Å². The average Bonchev–Trinajstić information content (AvgIpc) is 2.53. The van der Waals surface area contributed by atoms with Gasteiger partial charge in [0.1, 0.15) is 6.61 Å². The van der Waals surface area contributed by atoms with E-state index >= 15 is 0 Å². The molecule has 0 aliphatic carbocycles. The molecule has 0 saturated carbocycles. The van der Waals surface area contributed by atoms with Gasteiger partial charge in [0.15, 0.2) is 11.5 Å². The van der Waals surface area contributed by atoms with Gasteiger partial charge in [-0.15, -0.1) is 0 Å². The molecule has 21 heavy (non-hydrogen) atoms. The third-order valence-corrected chi connectivity index (χ3v) is 3.26. The highest BCUT2D eigenvalue weighted by atomic mass is 35.5. The predicted octanol–water partition coefficient (Wildman–Crippen LogP) is 3.88. The minimum Gasteiger partial charge on any atom is -0.493 e. The van der Waals surface area contributed by atoms with Crippen LogP contribution in [-0.4, -0.2) is 12.3 Å². The van der Waals surface area contributed by atoms with E-state index < -0.39 is 0 Å². The minimum absolute atomic E-state index is 0.391. The normalized spacial score (nSPS) is 10.6. The monoisotopic (exact) mass is 305 g/mol. The Morgan fingerprint density at radius 3 is 2.62 bits per heavy atom. The summed E-state index contributed by atoms with van der Waals surface area (Å²) in [7, 11) is 1.56. The van der Waals surface area contributed by atoms with Crippen molar-refractivity contribution in [3.05, 3.63) is 64.8 Å². The van der Waals surface area contributed by atoms with Crippen molar-refractivity contribution in [2.24, 2.45) is 0 Å². The molecule has 0 spiro atoms. The summed E-state index contributed by atoms with van der Waals surface area (Å²) in [6.07, 6.45) is 3.01. The molecule has 0 radical (unpaired) electrons. The van der Waals surface area contributed by atoms with E-state index in [2.05, 4.69) is 0 Å². The minimum atomic E-state index is 0.391. The maximum atomic E-state index is 8.60. The van der Waals surface area contributed by atoms with Crippen molar-refractivity contribution in [3.63, 3.8) is 0 Å². The Hall–Kier alpha value is -2.17. The molecule has 2 rings (SSSR count). The van der Waals surface area contributed by atoms with Crippen LogP contribution in [0.2, 0.25) is 5.02 Å². The lowest BCUT2D eigenvalue weighted by molar-refractivity contribution is 0.215. The van der Waals surface area contributed by atoms with E-state index in [1.165, 1.54) is 6.20 Å². The van der Waals surface area contributed by atoms with Crippen LogP contribution in [-0.2, 0) is 6.61 Å². The summed E-state index contributed by atoms with van der Waals surface area (Å²) in [5.74, 6) is 1.04. The fraction of sp³-hybridized carbons (Fsp3) is 0.125. The molecule has 2 aromatic carbocycles. The molecule has 2 N–H and O–H groups in total. The Kier molecular flexibility index (Phi) is 5.49. The second-order valence-corrected chi connectivity index (χ2v) is 4.61. The number of hydroxylamine groups is 1. The Morgan fingerprint density at radius 2 is 1.95 bits per heavy atom. The highest BCUT2D eigenvalue weighted by Gasteiger charge is 2.13. The number of rotatable bonds is 6. The van der Waals surface area contributed by atoms with Crippen LogP contribution in [0.25, 0.3) is 6.08 Å². The van der Waals surface area contributed by atoms with Gasteiger partial charge >= 0.3 is 0 Å². The summed E-state index contributed by atoms with van der Waals surface area (Å²) in [6, 6.07) is 13.3. The maximum absolute atomic E-state index is 8.60. The molecule has 0 bridgehead atoms. The zero-order valence-corrected chi connectivity index (χ0v) is 12.3. The molecule has 5 heteroatoms. The fourth-order valence-corrected chi connectivity index (χ4v) is 2.11. The lowest BCUT2D eigenvalue weighted by Crippen LogP contribution is -1.99. The zero-order valence-electron chi connectivity index (χ0n) is 11.5. The third-order valence-electron chi connectivity index (χ3n) is 2.87. The third kappa shape index (κ3) is 3.90. The topological polar surface area (TPSA) is 50.7 Å². The summed E-state index contributed by atoms with van der Waals surface area (Å²) in [5, 5.41) is 9.03. The first kappa shape index (κ1) is 15.2.